The molecule has 0 spiro atoms. The molecule has 1 aliphatic heterocycles. The Kier molecular flexibility index (Phi) is 4.36. The van der Waals surface area contributed by atoms with E-state index in [0.29, 0.717) is 18.6 Å². The van der Waals surface area contributed by atoms with Gasteiger partial charge in [0.05, 0.1) is 6.10 Å². The molecular formula is C12H19NO4. The van der Waals surface area contributed by atoms with Crippen LogP contribution in [0.2, 0.25) is 0 Å². The third kappa shape index (κ3) is 3.70. The number of likely N-dealkylation sites (tertiary alicyclic amines) is 1. The molecule has 0 aromatic rings. The summed E-state index contributed by atoms with van der Waals surface area (Å²) in [7, 11) is 0. The third-order valence-corrected chi connectivity index (χ3v) is 3.34. The third-order valence-electron chi connectivity index (χ3n) is 3.34. The Morgan fingerprint density at radius 3 is 2.53 bits per heavy atom. The van der Waals surface area contributed by atoms with E-state index in [4.69, 9.17) is 9.47 Å². The maximum atomic E-state index is 11.5. The number of hydrogen-bond acceptors (Lipinski definition) is 4. The first-order chi connectivity index (χ1) is 8.25. The van der Waals surface area contributed by atoms with Gasteiger partial charge < -0.3 is 14.4 Å². The quantitative estimate of drug-likeness (QED) is 0.706. The Hall–Kier alpha value is -1.10. The van der Waals surface area contributed by atoms with Gasteiger partial charge in [-0.25, -0.2) is 4.79 Å². The highest BCUT2D eigenvalue weighted by Crippen LogP contribution is 2.18. The van der Waals surface area contributed by atoms with Crippen LogP contribution in [0.1, 0.15) is 38.5 Å². The van der Waals surface area contributed by atoms with Crippen LogP contribution in [-0.2, 0) is 14.3 Å². The molecule has 0 atom stereocenters. The molecule has 2 aliphatic rings. The molecule has 0 radical (unpaired) electrons. The van der Waals surface area contributed by atoms with Crippen LogP contribution in [0.25, 0.3) is 0 Å². The summed E-state index contributed by atoms with van der Waals surface area (Å²) in [4.78, 5) is 24.2. The van der Waals surface area contributed by atoms with Crippen molar-refractivity contribution in [2.45, 2.75) is 44.6 Å². The van der Waals surface area contributed by atoms with Crippen LogP contribution in [0.3, 0.4) is 0 Å². The van der Waals surface area contributed by atoms with Gasteiger partial charge in [0.25, 0.3) is 0 Å². The maximum absolute atomic E-state index is 11.5. The van der Waals surface area contributed by atoms with Gasteiger partial charge in [0.1, 0.15) is 5.78 Å². The Morgan fingerprint density at radius 1 is 1.24 bits per heavy atom. The predicted octanol–water partition coefficient (Wildman–Crippen LogP) is 1.70. The van der Waals surface area contributed by atoms with Crippen molar-refractivity contribution in [1.82, 2.24) is 4.90 Å². The topological polar surface area (TPSA) is 55.8 Å². The number of nitrogens with zero attached hydrogens (tertiary/aromatic N) is 1. The van der Waals surface area contributed by atoms with E-state index in [1.807, 2.05) is 0 Å². The molecule has 0 aromatic heterocycles. The molecule has 1 amide bonds. The van der Waals surface area contributed by atoms with E-state index in [9.17, 15) is 9.59 Å². The Bertz CT molecular complexity index is 276. The summed E-state index contributed by atoms with van der Waals surface area (Å²) < 4.78 is 10.5. The number of ether oxygens (including phenoxy) is 2. The van der Waals surface area contributed by atoms with Crippen molar-refractivity contribution in [3.63, 3.8) is 0 Å². The van der Waals surface area contributed by atoms with E-state index in [1.165, 1.54) is 0 Å². The molecule has 1 heterocycles. The van der Waals surface area contributed by atoms with E-state index in [-0.39, 0.29) is 19.0 Å². The fourth-order valence-corrected chi connectivity index (χ4v) is 2.25. The lowest BCUT2D eigenvalue weighted by Gasteiger charge is -2.22. The average molecular weight is 241 g/mol. The number of carbonyl (C=O) groups excluding carboxylic acids is 2. The molecule has 1 saturated carbocycles. The van der Waals surface area contributed by atoms with Crippen molar-refractivity contribution >= 4 is 11.9 Å². The Labute approximate surface area is 101 Å². The molecule has 17 heavy (non-hydrogen) atoms. The second-order valence-corrected chi connectivity index (χ2v) is 4.63. The summed E-state index contributed by atoms with van der Waals surface area (Å²) in [5.41, 5.74) is 0. The van der Waals surface area contributed by atoms with Gasteiger partial charge >= 0.3 is 6.09 Å². The van der Waals surface area contributed by atoms with Crippen LogP contribution in [-0.4, -0.2) is 42.8 Å². The summed E-state index contributed by atoms with van der Waals surface area (Å²) in [6, 6.07) is 0. The SMILES string of the molecule is O=C1CCC(OCOC(=O)N2CCCC2)CC1. The van der Waals surface area contributed by atoms with E-state index >= 15 is 0 Å². The molecule has 0 unspecified atom stereocenters. The molecular weight excluding hydrogens is 222 g/mol. The van der Waals surface area contributed by atoms with Gasteiger partial charge in [0.15, 0.2) is 6.79 Å². The van der Waals surface area contributed by atoms with Crippen molar-refractivity contribution in [1.29, 1.82) is 0 Å². The number of Topliss-reactive ketones (excluding diaryl/α,β-unsaturated/α-hetero) is 1. The van der Waals surface area contributed by atoms with E-state index in [1.54, 1.807) is 4.90 Å². The number of carbonyl (C=O) groups is 2. The number of rotatable bonds is 3. The zero-order chi connectivity index (χ0) is 12.1. The Balaban J connectivity index is 1.59. The van der Waals surface area contributed by atoms with E-state index < -0.39 is 0 Å². The molecule has 5 heteroatoms. The largest absolute Gasteiger partial charge is 0.422 e. The van der Waals surface area contributed by atoms with Crippen LogP contribution < -0.4 is 0 Å². The lowest BCUT2D eigenvalue weighted by molar-refractivity contribution is -0.126. The molecule has 96 valence electrons. The van der Waals surface area contributed by atoms with Gasteiger partial charge in [-0.15, -0.1) is 0 Å². The highest BCUT2D eigenvalue weighted by Gasteiger charge is 2.21. The molecule has 2 fully saturated rings. The molecule has 1 aliphatic carbocycles. The van der Waals surface area contributed by atoms with Gasteiger partial charge in [-0.1, -0.05) is 0 Å². The zero-order valence-electron chi connectivity index (χ0n) is 10.0. The van der Waals surface area contributed by atoms with Gasteiger partial charge in [-0.05, 0) is 25.7 Å². The first-order valence-corrected chi connectivity index (χ1v) is 6.31. The van der Waals surface area contributed by atoms with Gasteiger partial charge in [0, 0.05) is 25.9 Å². The van der Waals surface area contributed by atoms with Crippen LogP contribution in [0.15, 0.2) is 0 Å². The summed E-state index contributed by atoms with van der Waals surface area (Å²) in [6.07, 6.45) is 4.57. The molecule has 0 N–H and O–H groups in total. The predicted molar refractivity (Wildman–Crippen MR) is 60.5 cm³/mol. The van der Waals surface area contributed by atoms with Crippen molar-refractivity contribution in [2.24, 2.45) is 0 Å². The van der Waals surface area contributed by atoms with E-state index in [2.05, 4.69) is 0 Å². The van der Waals surface area contributed by atoms with Crippen molar-refractivity contribution < 1.29 is 19.1 Å². The van der Waals surface area contributed by atoms with E-state index in [0.717, 1.165) is 38.8 Å². The van der Waals surface area contributed by atoms with Crippen LogP contribution in [0.5, 0.6) is 0 Å². The fraction of sp³-hybridized carbons (Fsp3) is 0.833. The summed E-state index contributed by atoms with van der Waals surface area (Å²) in [5, 5.41) is 0. The summed E-state index contributed by atoms with van der Waals surface area (Å²) in [5.74, 6) is 0.305. The van der Waals surface area contributed by atoms with Gasteiger partial charge in [-0.3, -0.25) is 4.79 Å². The first-order valence-electron chi connectivity index (χ1n) is 6.31. The number of amides is 1. The van der Waals surface area contributed by atoms with Crippen LogP contribution in [0, 0.1) is 0 Å². The highest BCUT2D eigenvalue weighted by molar-refractivity contribution is 5.79. The molecule has 5 nitrogen and oxygen atoms in total. The van der Waals surface area contributed by atoms with Crippen molar-refractivity contribution in [3.05, 3.63) is 0 Å². The minimum atomic E-state index is -0.283. The lowest BCUT2D eigenvalue weighted by atomic mass is 9.97. The zero-order valence-corrected chi connectivity index (χ0v) is 10.0. The first kappa shape index (κ1) is 12.4. The van der Waals surface area contributed by atoms with Crippen LogP contribution >= 0.6 is 0 Å². The van der Waals surface area contributed by atoms with Crippen LogP contribution in [0.4, 0.5) is 4.79 Å². The van der Waals surface area contributed by atoms with Gasteiger partial charge in [0.2, 0.25) is 0 Å². The standard InChI is InChI=1S/C12H19NO4/c14-10-3-5-11(6-4-10)16-9-17-12(15)13-7-1-2-8-13/h11H,1-9H2. The minimum Gasteiger partial charge on any atom is -0.422 e. The van der Waals surface area contributed by atoms with Gasteiger partial charge in [-0.2, -0.15) is 0 Å². The minimum absolute atomic E-state index is 0.00813. The second-order valence-electron chi connectivity index (χ2n) is 4.63. The normalized spacial score (nSPS) is 21.9. The maximum Gasteiger partial charge on any atom is 0.411 e. The average Bonchev–Trinajstić information content (AvgIpc) is 2.85. The Morgan fingerprint density at radius 2 is 1.88 bits per heavy atom. The molecule has 2 rings (SSSR count). The lowest BCUT2D eigenvalue weighted by Crippen LogP contribution is -2.30. The fourth-order valence-electron chi connectivity index (χ4n) is 2.25. The smallest absolute Gasteiger partial charge is 0.411 e. The molecule has 1 saturated heterocycles. The number of ketones is 1. The summed E-state index contributed by atoms with van der Waals surface area (Å²) in [6.45, 7) is 1.59. The molecule has 0 aromatic carbocycles. The van der Waals surface area contributed by atoms with Crippen molar-refractivity contribution in [3.8, 4) is 0 Å². The second kappa shape index (κ2) is 6.00. The summed E-state index contributed by atoms with van der Waals surface area (Å²) >= 11 is 0. The highest BCUT2D eigenvalue weighted by atomic mass is 16.7. The monoisotopic (exact) mass is 241 g/mol. The molecule has 0 bridgehead atoms. The van der Waals surface area contributed by atoms with Crippen molar-refractivity contribution in [2.75, 3.05) is 19.9 Å². The number of hydrogen-bond donors (Lipinski definition) is 0.